The number of halogens is 2. The number of aryl methyl sites for hydroxylation is 1. The van der Waals surface area contributed by atoms with Gasteiger partial charge in [-0.05, 0) is 51.2 Å². The molecule has 5 heteroatoms. The normalized spacial score (nSPS) is 17.9. The quantitative estimate of drug-likeness (QED) is 0.805. The molecule has 1 saturated heterocycles. The predicted octanol–water partition coefficient (Wildman–Crippen LogP) is 3.74. The van der Waals surface area contributed by atoms with Gasteiger partial charge in [-0.2, -0.15) is 0 Å². The summed E-state index contributed by atoms with van der Waals surface area (Å²) >= 11 is 12.1. The van der Waals surface area contributed by atoms with Crippen LogP contribution in [0, 0.1) is 0 Å². The number of rotatable bonds is 3. The first kappa shape index (κ1) is 14.2. The highest BCUT2D eigenvalue weighted by Gasteiger charge is 2.23. The van der Waals surface area contributed by atoms with Crippen LogP contribution in [0.2, 0.25) is 5.02 Å². The van der Waals surface area contributed by atoms with Crippen molar-refractivity contribution in [1.29, 1.82) is 0 Å². The molecule has 1 fully saturated rings. The number of piperidine rings is 1. The third kappa shape index (κ3) is 2.67. The van der Waals surface area contributed by atoms with E-state index in [0.29, 0.717) is 11.9 Å². The van der Waals surface area contributed by atoms with Crippen molar-refractivity contribution in [1.82, 2.24) is 14.5 Å². The van der Waals surface area contributed by atoms with Gasteiger partial charge >= 0.3 is 0 Å². The first-order valence-electron chi connectivity index (χ1n) is 7.10. The van der Waals surface area contributed by atoms with E-state index in [2.05, 4.69) is 16.5 Å². The number of hydrogen-bond donors (Lipinski definition) is 0. The molecule has 1 aliphatic rings. The van der Waals surface area contributed by atoms with Crippen molar-refractivity contribution in [3.63, 3.8) is 0 Å². The highest BCUT2D eigenvalue weighted by atomic mass is 35.5. The van der Waals surface area contributed by atoms with Crippen LogP contribution in [-0.2, 0) is 6.42 Å². The Morgan fingerprint density at radius 2 is 2.05 bits per heavy atom. The second-order valence-corrected chi connectivity index (χ2v) is 6.32. The molecule has 1 aliphatic heterocycles. The highest BCUT2D eigenvalue weighted by molar-refractivity contribution is 6.31. The first-order chi connectivity index (χ1) is 9.69. The molecule has 3 rings (SSSR count). The summed E-state index contributed by atoms with van der Waals surface area (Å²) in [6.07, 6.45) is 3.12. The molecule has 2 heterocycles. The van der Waals surface area contributed by atoms with Crippen LogP contribution in [0.25, 0.3) is 11.0 Å². The maximum absolute atomic E-state index is 6.16. The Kier molecular flexibility index (Phi) is 4.20. The van der Waals surface area contributed by atoms with Crippen LogP contribution in [0.3, 0.4) is 0 Å². The van der Waals surface area contributed by atoms with Gasteiger partial charge in [0.1, 0.15) is 5.82 Å². The van der Waals surface area contributed by atoms with Gasteiger partial charge in [-0.3, -0.25) is 0 Å². The molecule has 0 atom stereocenters. The molecule has 0 unspecified atom stereocenters. The zero-order chi connectivity index (χ0) is 14.1. The minimum atomic E-state index is 0.507. The summed E-state index contributed by atoms with van der Waals surface area (Å²) in [5.74, 6) is 1.69. The fourth-order valence-electron chi connectivity index (χ4n) is 3.04. The zero-order valence-electron chi connectivity index (χ0n) is 11.6. The third-order valence-corrected chi connectivity index (χ3v) is 4.52. The van der Waals surface area contributed by atoms with E-state index >= 15 is 0 Å². The summed E-state index contributed by atoms with van der Waals surface area (Å²) < 4.78 is 2.37. The summed E-state index contributed by atoms with van der Waals surface area (Å²) in [5, 5.41) is 0.768. The second-order valence-electron chi connectivity index (χ2n) is 5.50. The second kappa shape index (κ2) is 5.92. The average Bonchev–Trinajstić information content (AvgIpc) is 2.78. The van der Waals surface area contributed by atoms with E-state index in [1.54, 1.807) is 0 Å². The monoisotopic (exact) mass is 311 g/mol. The van der Waals surface area contributed by atoms with Crippen molar-refractivity contribution >= 4 is 34.2 Å². The minimum Gasteiger partial charge on any atom is -0.325 e. The van der Waals surface area contributed by atoms with E-state index < -0.39 is 0 Å². The molecule has 0 saturated carbocycles. The molecule has 0 amide bonds. The Morgan fingerprint density at radius 3 is 2.75 bits per heavy atom. The fourth-order valence-corrected chi connectivity index (χ4v) is 3.37. The predicted molar refractivity (Wildman–Crippen MR) is 84.9 cm³/mol. The number of nitrogens with zero attached hydrogens (tertiary/aromatic N) is 3. The topological polar surface area (TPSA) is 21.1 Å². The molecule has 0 N–H and O–H groups in total. The summed E-state index contributed by atoms with van der Waals surface area (Å²) in [6, 6.07) is 6.44. The number of imidazole rings is 1. The zero-order valence-corrected chi connectivity index (χ0v) is 13.2. The molecule has 20 heavy (non-hydrogen) atoms. The third-order valence-electron chi connectivity index (χ3n) is 4.10. The molecule has 0 bridgehead atoms. The molecular formula is C15H19Cl2N3. The number of fused-ring (bicyclic) bond motifs is 1. The van der Waals surface area contributed by atoms with Crippen molar-refractivity contribution in [2.24, 2.45) is 0 Å². The van der Waals surface area contributed by atoms with Gasteiger partial charge in [0.25, 0.3) is 0 Å². The molecular weight excluding hydrogens is 293 g/mol. The maximum Gasteiger partial charge on any atom is 0.111 e. The molecule has 0 aliphatic carbocycles. The number of likely N-dealkylation sites (tertiary alicyclic amines) is 1. The lowest BCUT2D eigenvalue weighted by Gasteiger charge is -2.31. The molecule has 1 aromatic heterocycles. The lowest BCUT2D eigenvalue weighted by Crippen LogP contribution is -2.32. The van der Waals surface area contributed by atoms with Gasteiger partial charge in [-0.1, -0.05) is 11.6 Å². The Labute approximate surface area is 129 Å². The van der Waals surface area contributed by atoms with Gasteiger partial charge in [-0.15, -0.1) is 11.6 Å². The van der Waals surface area contributed by atoms with Crippen molar-refractivity contribution in [2.45, 2.75) is 25.3 Å². The number of hydrogen-bond acceptors (Lipinski definition) is 2. The Morgan fingerprint density at radius 1 is 1.30 bits per heavy atom. The van der Waals surface area contributed by atoms with E-state index in [0.717, 1.165) is 54.2 Å². The van der Waals surface area contributed by atoms with E-state index in [1.807, 2.05) is 18.2 Å². The largest absolute Gasteiger partial charge is 0.325 e. The van der Waals surface area contributed by atoms with Gasteiger partial charge in [0.05, 0.1) is 11.0 Å². The molecule has 1 aromatic carbocycles. The fraction of sp³-hybridized carbons (Fsp3) is 0.533. The van der Waals surface area contributed by atoms with Crippen LogP contribution < -0.4 is 0 Å². The van der Waals surface area contributed by atoms with Gasteiger partial charge in [0.2, 0.25) is 0 Å². The first-order valence-corrected chi connectivity index (χ1v) is 8.01. The summed E-state index contributed by atoms with van der Waals surface area (Å²) in [4.78, 5) is 7.12. The summed E-state index contributed by atoms with van der Waals surface area (Å²) in [5.41, 5.74) is 2.17. The Bertz CT molecular complexity index is 600. The van der Waals surface area contributed by atoms with Crippen LogP contribution in [0.4, 0.5) is 0 Å². The van der Waals surface area contributed by atoms with Gasteiger partial charge in [0.15, 0.2) is 0 Å². The molecule has 3 nitrogen and oxygen atoms in total. The SMILES string of the molecule is CN1CCC(n2c(CCCl)nc3ccc(Cl)cc32)CC1. The minimum absolute atomic E-state index is 0.507. The van der Waals surface area contributed by atoms with Crippen LogP contribution >= 0.6 is 23.2 Å². The molecule has 108 valence electrons. The summed E-state index contributed by atoms with van der Waals surface area (Å²) in [6.45, 7) is 2.26. The van der Waals surface area contributed by atoms with Crippen LogP contribution in [0.5, 0.6) is 0 Å². The van der Waals surface area contributed by atoms with Crippen molar-refractivity contribution in [3.8, 4) is 0 Å². The lowest BCUT2D eigenvalue weighted by atomic mass is 10.0. The Balaban J connectivity index is 2.05. The van der Waals surface area contributed by atoms with E-state index in [-0.39, 0.29) is 0 Å². The molecule has 0 radical (unpaired) electrons. The lowest BCUT2D eigenvalue weighted by molar-refractivity contribution is 0.221. The van der Waals surface area contributed by atoms with E-state index in [1.165, 1.54) is 0 Å². The molecule has 0 spiro atoms. The Hall–Kier alpha value is -0.770. The summed E-state index contributed by atoms with van der Waals surface area (Å²) in [7, 11) is 2.18. The van der Waals surface area contributed by atoms with Crippen LogP contribution in [0.15, 0.2) is 18.2 Å². The van der Waals surface area contributed by atoms with Gasteiger partial charge < -0.3 is 9.47 Å². The van der Waals surface area contributed by atoms with Crippen LogP contribution in [-0.4, -0.2) is 40.5 Å². The number of alkyl halides is 1. The van der Waals surface area contributed by atoms with E-state index in [9.17, 15) is 0 Å². The van der Waals surface area contributed by atoms with Gasteiger partial charge in [-0.25, -0.2) is 4.98 Å². The standard InChI is InChI=1S/C15H19Cl2N3/c1-19-8-5-12(6-9-19)20-14-10-11(17)2-3-13(14)18-15(20)4-7-16/h2-3,10,12H,4-9H2,1H3. The van der Waals surface area contributed by atoms with Crippen LogP contribution in [0.1, 0.15) is 24.7 Å². The van der Waals surface area contributed by atoms with Gasteiger partial charge in [0, 0.05) is 23.4 Å². The van der Waals surface area contributed by atoms with Crippen molar-refractivity contribution < 1.29 is 0 Å². The van der Waals surface area contributed by atoms with E-state index in [4.69, 9.17) is 28.2 Å². The molecule has 2 aromatic rings. The number of benzene rings is 1. The maximum atomic E-state index is 6.16. The average molecular weight is 312 g/mol. The van der Waals surface area contributed by atoms with Crippen molar-refractivity contribution in [3.05, 3.63) is 29.0 Å². The number of aromatic nitrogens is 2. The highest BCUT2D eigenvalue weighted by Crippen LogP contribution is 2.30. The van der Waals surface area contributed by atoms with Crippen molar-refractivity contribution in [2.75, 3.05) is 26.0 Å². The smallest absolute Gasteiger partial charge is 0.111 e.